The van der Waals surface area contributed by atoms with Crippen molar-refractivity contribution in [2.75, 3.05) is 0 Å². The van der Waals surface area contributed by atoms with Gasteiger partial charge in [-0.05, 0) is 17.4 Å². The van der Waals surface area contributed by atoms with Gasteiger partial charge in [-0.2, -0.15) is 4.39 Å². The molecule has 1 atom stereocenters. The number of hydrogen-bond acceptors (Lipinski definition) is 3. The topological polar surface area (TPSA) is 63.4 Å². The van der Waals surface area contributed by atoms with Crippen LogP contribution in [0.4, 0.5) is 10.1 Å². The Hall–Kier alpha value is -1.49. The second-order valence-corrected chi connectivity index (χ2v) is 4.72. The lowest BCUT2D eigenvalue weighted by Gasteiger charge is -2.18. The fourth-order valence-electron chi connectivity index (χ4n) is 2.33. The van der Waals surface area contributed by atoms with E-state index >= 15 is 0 Å². The van der Waals surface area contributed by atoms with Gasteiger partial charge in [0.1, 0.15) is 0 Å². The molecule has 86 valence electrons. The Kier molecular flexibility index (Phi) is 2.24. The second kappa shape index (κ2) is 3.25. The predicted octanol–water partition coefficient (Wildman–Crippen LogP) is 2.45. The van der Waals surface area contributed by atoms with Gasteiger partial charge in [-0.3, -0.25) is 10.1 Å². The van der Waals surface area contributed by atoms with Gasteiger partial charge in [0, 0.05) is 11.6 Å². The van der Waals surface area contributed by atoms with Gasteiger partial charge in [0.15, 0.2) is 0 Å². The predicted molar refractivity (Wildman–Crippen MR) is 55.7 cm³/mol. The van der Waals surface area contributed by atoms with Crippen LogP contribution in [0.15, 0.2) is 12.1 Å². The summed E-state index contributed by atoms with van der Waals surface area (Å²) >= 11 is 0. The Labute approximate surface area is 91.9 Å². The van der Waals surface area contributed by atoms with E-state index in [1.54, 1.807) is 0 Å². The zero-order chi connectivity index (χ0) is 12.1. The third-order valence-corrected chi connectivity index (χ3v) is 3.12. The van der Waals surface area contributed by atoms with Crippen LogP contribution >= 0.6 is 0 Å². The molecule has 5 heteroatoms. The van der Waals surface area contributed by atoms with E-state index in [-0.39, 0.29) is 11.0 Å². The first-order chi connectivity index (χ1) is 7.34. The molecule has 4 nitrogen and oxygen atoms in total. The molecule has 1 unspecified atom stereocenters. The average molecular weight is 225 g/mol. The van der Waals surface area contributed by atoms with Crippen molar-refractivity contribution in [3.05, 3.63) is 39.2 Å². The molecule has 0 radical (unpaired) electrons. The third kappa shape index (κ3) is 1.39. The third-order valence-electron chi connectivity index (χ3n) is 3.12. The van der Waals surface area contributed by atoms with Crippen molar-refractivity contribution in [3.8, 4) is 0 Å². The number of nitro groups is 1. The maximum Gasteiger partial charge on any atom is 0.305 e. The largest absolute Gasteiger partial charge is 0.388 e. The summed E-state index contributed by atoms with van der Waals surface area (Å²) < 4.78 is 13.8. The molecule has 0 fully saturated rings. The lowest BCUT2D eigenvalue weighted by Crippen LogP contribution is -2.12. The summed E-state index contributed by atoms with van der Waals surface area (Å²) in [7, 11) is 0. The summed E-state index contributed by atoms with van der Waals surface area (Å²) in [5.41, 5.74) is -0.178. The van der Waals surface area contributed by atoms with Gasteiger partial charge in [0.2, 0.25) is 5.82 Å². The minimum absolute atomic E-state index is 0.0826. The normalized spacial score (nSPS) is 21.9. The number of fused-ring (bicyclic) bond motifs is 1. The van der Waals surface area contributed by atoms with E-state index in [2.05, 4.69) is 0 Å². The Morgan fingerprint density at radius 3 is 2.75 bits per heavy atom. The van der Waals surface area contributed by atoms with Crippen LogP contribution in [-0.2, 0) is 5.41 Å². The van der Waals surface area contributed by atoms with Crippen LogP contribution in [0.3, 0.4) is 0 Å². The molecule has 0 bridgehead atoms. The van der Waals surface area contributed by atoms with E-state index in [4.69, 9.17) is 0 Å². The fraction of sp³-hybridized carbons (Fsp3) is 0.455. The smallest absolute Gasteiger partial charge is 0.305 e. The van der Waals surface area contributed by atoms with Crippen LogP contribution in [0.2, 0.25) is 0 Å². The van der Waals surface area contributed by atoms with Gasteiger partial charge in [0.05, 0.1) is 11.0 Å². The van der Waals surface area contributed by atoms with E-state index in [0.29, 0.717) is 12.0 Å². The first-order valence-corrected chi connectivity index (χ1v) is 5.00. The minimum Gasteiger partial charge on any atom is -0.388 e. The molecule has 1 aromatic carbocycles. The van der Waals surface area contributed by atoms with Crippen molar-refractivity contribution < 1.29 is 14.4 Å². The molecule has 0 heterocycles. The molecule has 2 rings (SSSR count). The van der Waals surface area contributed by atoms with Gasteiger partial charge in [-0.1, -0.05) is 19.9 Å². The highest BCUT2D eigenvalue weighted by molar-refractivity contribution is 5.48. The molecule has 16 heavy (non-hydrogen) atoms. The Morgan fingerprint density at radius 2 is 2.19 bits per heavy atom. The van der Waals surface area contributed by atoms with Crippen molar-refractivity contribution in [1.29, 1.82) is 0 Å². The SMILES string of the molecule is CC1(C)CC(O)c2c1ccc([N+](=O)[O-])c2F. The highest BCUT2D eigenvalue weighted by Crippen LogP contribution is 2.47. The van der Waals surface area contributed by atoms with Crippen LogP contribution in [-0.4, -0.2) is 10.0 Å². The van der Waals surface area contributed by atoms with E-state index in [1.165, 1.54) is 6.07 Å². The zero-order valence-electron chi connectivity index (χ0n) is 9.03. The summed E-state index contributed by atoms with van der Waals surface area (Å²) in [6, 6.07) is 2.70. The average Bonchev–Trinajstić information content (AvgIpc) is 2.37. The highest BCUT2D eigenvalue weighted by atomic mass is 19.1. The Balaban J connectivity index is 2.68. The van der Waals surface area contributed by atoms with Crippen LogP contribution in [0.25, 0.3) is 0 Å². The fourth-order valence-corrected chi connectivity index (χ4v) is 2.33. The molecule has 0 aromatic heterocycles. The summed E-state index contributed by atoms with van der Waals surface area (Å²) in [6.45, 7) is 3.76. The first-order valence-electron chi connectivity index (χ1n) is 5.00. The van der Waals surface area contributed by atoms with Crippen molar-refractivity contribution in [3.63, 3.8) is 0 Å². The summed E-state index contributed by atoms with van der Waals surface area (Å²) in [6.07, 6.45) is -0.564. The maximum absolute atomic E-state index is 13.8. The molecule has 1 aliphatic rings. The van der Waals surface area contributed by atoms with Crippen molar-refractivity contribution in [2.45, 2.75) is 31.8 Å². The van der Waals surface area contributed by atoms with Gasteiger partial charge in [0.25, 0.3) is 0 Å². The van der Waals surface area contributed by atoms with Crippen LogP contribution in [0, 0.1) is 15.9 Å². The van der Waals surface area contributed by atoms with E-state index in [1.807, 2.05) is 13.8 Å². The molecule has 0 amide bonds. The number of nitrogens with zero attached hydrogens (tertiary/aromatic N) is 1. The number of aliphatic hydroxyl groups excluding tert-OH is 1. The lowest BCUT2D eigenvalue weighted by atomic mass is 9.86. The Bertz CT molecular complexity index is 471. The van der Waals surface area contributed by atoms with Crippen molar-refractivity contribution in [2.24, 2.45) is 0 Å². The molecule has 1 N–H and O–H groups in total. The molecule has 0 saturated carbocycles. The summed E-state index contributed by atoms with van der Waals surface area (Å²) in [5.74, 6) is -0.902. The van der Waals surface area contributed by atoms with Crippen molar-refractivity contribution >= 4 is 5.69 Å². The standard InChI is InChI=1S/C11H12FNO3/c1-11(2)5-8(14)9-6(11)3-4-7(10(9)12)13(15)16/h3-4,8,14H,5H2,1-2H3. The highest BCUT2D eigenvalue weighted by Gasteiger charge is 2.40. The number of benzene rings is 1. The zero-order valence-corrected chi connectivity index (χ0v) is 9.03. The molecule has 0 aliphatic heterocycles. The number of halogens is 1. The molecule has 0 spiro atoms. The van der Waals surface area contributed by atoms with Crippen LogP contribution in [0.1, 0.15) is 37.5 Å². The van der Waals surface area contributed by atoms with Crippen molar-refractivity contribution in [1.82, 2.24) is 0 Å². The lowest BCUT2D eigenvalue weighted by molar-refractivity contribution is -0.387. The first kappa shape index (κ1) is 11.0. The molecule has 1 aliphatic carbocycles. The molecule has 1 aromatic rings. The summed E-state index contributed by atoms with van der Waals surface area (Å²) in [4.78, 5) is 9.80. The Morgan fingerprint density at radius 1 is 1.56 bits per heavy atom. The minimum atomic E-state index is -0.954. The number of hydrogen-bond donors (Lipinski definition) is 1. The van der Waals surface area contributed by atoms with E-state index in [0.717, 1.165) is 6.07 Å². The maximum atomic E-state index is 13.8. The van der Waals surface area contributed by atoms with Gasteiger partial charge >= 0.3 is 5.69 Å². The van der Waals surface area contributed by atoms with Crippen LogP contribution < -0.4 is 0 Å². The van der Waals surface area contributed by atoms with Crippen LogP contribution in [0.5, 0.6) is 0 Å². The van der Waals surface area contributed by atoms with E-state index in [9.17, 15) is 19.6 Å². The molecular weight excluding hydrogens is 213 g/mol. The van der Waals surface area contributed by atoms with E-state index < -0.39 is 22.5 Å². The van der Waals surface area contributed by atoms with Gasteiger partial charge in [-0.25, -0.2) is 0 Å². The monoisotopic (exact) mass is 225 g/mol. The molecular formula is C11H12FNO3. The summed E-state index contributed by atoms with van der Waals surface area (Å²) in [5, 5.41) is 20.3. The molecule has 0 saturated heterocycles. The number of nitro benzene ring substituents is 1. The number of aliphatic hydroxyl groups is 1. The second-order valence-electron chi connectivity index (χ2n) is 4.72. The quantitative estimate of drug-likeness (QED) is 0.589. The van der Waals surface area contributed by atoms with Gasteiger partial charge in [-0.15, -0.1) is 0 Å². The van der Waals surface area contributed by atoms with Gasteiger partial charge < -0.3 is 5.11 Å². The number of rotatable bonds is 1.